The molecule has 0 aliphatic heterocycles. The fourth-order valence-electron chi connectivity index (χ4n) is 1.93. The van der Waals surface area contributed by atoms with Crippen LogP contribution in [0.25, 0.3) is 0 Å². The summed E-state index contributed by atoms with van der Waals surface area (Å²) in [7, 11) is -0.802. The van der Waals surface area contributed by atoms with Gasteiger partial charge in [0.1, 0.15) is 0 Å². The largest absolute Gasteiger partial charge is 0.481 e. The molecule has 0 aromatic heterocycles. The fourth-order valence-corrected chi connectivity index (χ4v) is 2.83. The van der Waals surface area contributed by atoms with E-state index in [0.29, 0.717) is 0 Å². The summed E-state index contributed by atoms with van der Waals surface area (Å²) in [4.78, 5) is 23.7. The first-order chi connectivity index (χ1) is 12.7. The number of rotatable bonds is 6. The molecule has 2 amide bonds. The molecule has 0 aliphatic carbocycles. The molecular formula is C17H18FN3O5S. The van der Waals surface area contributed by atoms with E-state index in [0.717, 1.165) is 4.31 Å². The molecule has 0 atom stereocenters. The number of halogens is 1. The van der Waals surface area contributed by atoms with Crippen LogP contribution in [0.3, 0.4) is 0 Å². The molecule has 0 aliphatic rings. The van der Waals surface area contributed by atoms with Gasteiger partial charge in [0.2, 0.25) is 10.0 Å². The van der Waals surface area contributed by atoms with Gasteiger partial charge in [-0.3, -0.25) is 20.4 Å². The van der Waals surface area contributed by atoms with Crippen LogP contribution in [-0.4, -0.2) is 45.2 Å². The predicted molar refractivity (Wildman–Crippen MR) is 94.8 cm³/mol. The van der Waals surface area contributed by atoms with Gasteiger partial charge in [0.05, 0.1) is 4.90 Å². The van der Waals surface area contributed by atoms with Crippen molar-refractivity contribution in [2.24, 2.45) is 0 Å². The highest BCUT2D eigenvalue weighted by Crippen LogP contribution is 2.15. The normalized spacial score (nSPS) is 11.1. The predicted octanol–water partition coefficient (Wildman–Crippen LogP) is 0.916. The minimum absolute atomic E-state index is 0.0337. The average Bonchev–Trinajstić information content (AvgIpc) is 2.65. The Labute approximate surface area is 156 Å². The van der Waals surface area contributed by atoms with Gasteiger partial charge < -0.3 is 4.74 Å². The number of nitrogens with zero attached hydrogens (tertiary/aromatic N) is 1. The molecule has 0 radical (unpaired) electrons. The van der Waals surface area contributed by atoms with E-state index in [1.54, 1.807) is 6.07 Å². The number of ether oxygens (including phenoxy) is 1. The zero-order valence-corrected chi connectivity index (χ0v) is 15.4. The standard InChI is InChI=1S/C17H18FN3O5S/c1-21(2)27(24,25)13-9-7-12(8-10-13)17(23)20-19-16(22)11-26-15-6-4-3-5-14(15)18/h3-10H,11H2,1-2H3,(H,19,22)(H,20,23). The van der Waals surface area contributed by atoms with Crippen molar-refractivity contribution < 1.29 is 27.1 Å². The van der Waals surface area contributed by atoms with Crippen molar-refractivity contribution in [1.82, 2.24) is 15.2 Å². The Balaban J connectivity index is 1.88. The topological polar surface area (TPSA) is 105 Å². The molecule has 0 saturated heterocycles. The van der Waals surface area contributed by atoms with E-state index in [9.17, 15) is 22.4 Å². The summed E-state index contributed by atoms with van der Waals surface area (Å²) in [6.07, 6.45) is 0. The third-order valence-electron chi connectivity index (χ3n) is 3.41. The summed E-state index contributed by atoms with van der Waals surface area (Å²) >= 11 is 0. The third-order valence-corrected chi connectivity index (χ3v) is 5.24. The second-order valence-electron chi connectivity index (χ2n) is 5.53. The number of carbonyl (C=O) groups excluding carboxylic acids is 2. The van der Waals surface area contributed by atoms with E-state index in [-0.39, 0.29) is 16.2 Å². The first-order valence-corrected chi connectivity index (χ1v) is 9.15. The van der Waals surface area contributed by atoms with Gasteiger partial charge in [-0.05, 0) is 36.4 Å². The van der Waals surface area contributed by atoms with Crippen molar-refractivity contribution in [1.29, 1.82) is 0 Å². The second-order valence-corrected chi connectivity index (χ2v) is 7.69. The molecule has 2 rings (SSSR count). The molecule has 0 spiro atoms. The van der Waals surface area contributed by atoms with Crippen LogP contribution in [0.15, 0.2) is 53.4 Å². The van der Waals surface area contributed by atoms with Crippen LogP contribution in [0.2, 0.25) is 0 Å². The SMILES string of the molecule is CN(C)S(=O)(=O)c1ccc(C(=O)NNC(=O)COc2ccccc2F)cc1. The van der Waals surface area contributed by atoms with Crippen LogP contribution in [0.5, 0.6) is 5.75 Å². The molecule has 0 saturated carbocycles. The van der Waals surface area contributed by atoms with Crippen molar-refractivity contribution in [2.45, 2.75) is 4.90 Å². The first-order valence-electron chi connectivity index (χ1n) is 7.71. The summed E-state index contributed by atoms with van der Waals surface area (Å²) in [6.45, 7) is -0.499. The Morgan fingerprint density at radius 1 is 1.04 bits per heavy atom. The van der Waals surface area contributed by atoms with Gasteiger partial charge in [-0.25, -0.2) is 17.1 Å². The number of nitrogens with one attached hydrogen (secondary N) is 2. The van der Waals surface area contributed by atoms with Gasteiger partial charge in [0, 0.05) is 19.7 Å². The van der Waals surface area contributed by atoms with Gasteiger partial charge in [-0.1, -0.05) is 12.1 Å². The Morgan fingerprint density at radius 3 is 2.26 bits per heavy atom. The molecule has 10 heteroatoms. The molecule has 2 aromatic rings. The van der Waals surface area contributed by atoms with E-state index in [1.165, 1.54) is 56.6 Å². The Morgan fingerprint density at radius 2 is 1.67 bits per heavy atom. The van der Waals surface area contributed by atoms with Gasteiger partial charge >= 0.3 is 0 Å². The summed E-state index contributed by atoms with van der Waals surface area (Å²) in [6, 6.07) is 10.8. The monoisotopic (exact) mass is 395 g/mol. The van der Waals surface area contributed by atoms with E-state index in [4.69, 9.17) is 4.74 Å². The maximum absolute atomic E-state index is 13.4. The molecule has 144 valence electrons. The number of benzene rings is 2. The number of hydrazine groups is 1. The number of amides is 2. The highest BCUT2D eigenvalue weighted by Gasteiger charge is 2.17. The summed E-state index contributed by atoms with van der Waals surface area (Å²) < 4.78 is 43.4. The Hall–Kier alpha value is -2.98. The van der Waals surface area contributed by atoms with Crippen LogP contribution < -0.4 is 15.6 Å². The molecule has 27 heavy (non-hydrogen) atoms. The molecule has 2 N–H and O–H groups in total. The lowest BCUT2D eigenvalue weighted by atomic mass is 10.2. The second kappa shape index (κ2) is 8.60. The van der Waals surface area contributed by atoms with Crippen molar-refractivity contribution in [3.8, 4) is 5.75 Å². The minimum atomic E-state index is -3.60. The van der Waals surface area contributed by atoms with Crippen molar-refractivity contribution in [3.63, 3.8) is 0 Å². The van der Waals surface area contributed by atoms with Gasteiger partial charge in [-0.2, -0.15) is 0 Å². The van der Waals surface area contributed by atoms with Crippen LogP contribution in [0.4, 0.5) is 4.39 Å². The van der Waals surface area contributed by atoms with Crippen molar-refractivity contribution in [2.75, 3.05) is 20.7 Å². The van der Waals surface area contributed by atoms with Gasteiger partial charge in [-0.15, -0.1) is 0 Å². The molecule has 0 unspecified atom stereocenters. The van der Waals surface area contributed by atoms with Crippen molar-refractivity contribution in [3.05, 3.63) is 59.9 Å². The molecular weight excluding hydrogens is 377 g/mol. The maximum atomic E-state index is 13.4. The number of sulfonamides is 1. The van der Waals surface area contributed by atoms with Gasteiger partial charge in [0.25, 0.3) is 11.8 Å². The third kappa shape index (κ3) is 5.25. The molecule has 2 aromatic carbocycles. The van der Waals surface area contributed by atoms with Crippen molar-refractivity contribution >= 4 is 21.8 Å². The number of hydrogen-bond donors (Lipinski definition) is 2. The lowest BCUT2D eigenvalue weighted by molar-refractivity contribution is -0.123. The molecule has 0 fully saturated rings. The lowest BCUT2D eigenvalue weighted by Gasteiger charge is -2.12. The van der Waals surface area contributed by atoms with E-state index >= 15 is 0 Å². The van der Waals surface area contributed by atoms with E-state index in [2.05, 4.69) is 10.9 Å². The summed E-state index contributed by atoms with van der Waals surface area (Å²) in [5, 5.41) is 0. The zero-order chi connectivity index (χ0) is 20.0. The zero-order valence-electron chi connectivity index (χ0n) is 14.6. The fraction of sp³-hybridized carbons (Fsp3) is 0.176. The van der Waals surface area contributed by atoms with E-state index < -0.39 is 34.3 Å². The lowest BCUT2D eigenvalue weighted by Crippen LogP contribution is -2.43. The minimum Gasteiger partial charge on any atom is -0.481 e. The van der Waals surface area contributed by atoms with Crippen LogP contribution in [-0.2, 0) is 14.8 Å². The highest BCUT2D eigenvalue weighted by molar-refractivity contribution is 7.89. The number of carbonyl (C=O) groups is 2. The average molecular weight is 395 g/mol. The van der Waals surface area contributed by atoms with Gasteiger partial charge in [0.15, 0.2) is 18.2 Å². The van der Waals surface area contributed by atoms with Crippen LogP contribution in [0.1, 0.15) is 10.4 Å². The first kappa shape index (κ1) is 20.3. The molecule has 8 nitrogen and oxygen atoms in total. The maximum Gasteiger partial charge on any atom is 0.276 e. The molecule has 0 bridgehead atoms. The summed E-state index contributed by atoms with van der Waals surface area (Å²) in [5.41, 5.74) is 4.42. The van der Waals surface area contributed by atoms with E-state index in [1.807, 2.05) is 0 Å². The highest BCUT2D eigenvalue weighted by atomic mass is 32.2. The Bertz CT molecular complexity index is 930. The number of hydrogen-bond acceptors (Lipinski definition) is 5. The quantitative estimate of drug-likeness (QED) is 0.708. The number of para-hydroxylation sites is 1. The molecule has 0 heterocycles. The van der Waals surface area contributed by atoms with Crippen LogP contribution >= 0.6 is 0 Å². The smallest absolute Gasteiger partial charge is 0.276 e. The Kier molecular flexibility index (Phi) is 6.48. The van der Waals surface area contributed by atoms with Crippen LogP contribution in [0, 0.1) is 5.82 Å². The summed E-state index contributed by atoms with van der Waals surface area (Å²) in [5.74, 6) is -2.04.